The molecule has 1 aliphatic rings. The van der Waals surface area contributed by atoms with Crippen LogP contribution < -0.4 is 5.32 Å². The van der Waals surface area contributed by atoms with E-state index in [0.717, 1.165) is 9.88 Å². The van der Waals surface area contributed by atoms with Gasteiger partial charge in [-0.2, -0.15) is 0 Å². The lowest BCUT2D eigenvalue weighted by Crippen LogP contribution is -2.33. The number of carboxylic acid groups (broad SMARTS) is 1. The van der Waals surface area contributed by atoms with Crippen LogP contribution in [0, 0.1) is 5.82 Å². The number of rotatable bonds is 3. The maximum Gasteiger partial charge on any atom is 0.321 e. The van der Waals surface area contributed by atoms with Gasteiger partial charge >= 0.3 is 5.97 Å². The molecule has 0 saturated carbocycles. The first-order valence-electron chi connectivity index (χ1n) is 5.96. The molecule has 2 aromatic rings. The van der Waals surface area contributed by atoms with Crippen LogP contribution in [0.5, 0.6) is 0 Å². The zero-order valence-electron chi connectivity index (χ0n) is 10.2. The van der Waals surface area contributed by atoms with Crippen molar-refractivity contribution in [2.75, 3.05) is 5.75 Å². The molecule has 1 aliphatic heterocycles. The SMILES string of the molecule is O=C(O)C1CSC(c2ncc(-c3ccccc3F)s2)N1. The van der Waals surface area contributed by atoms with Gasteiger partial charge in [0.15, 0.2) is 0 Å². The molecule has 2 atom stereocenters. The molecule has 2 unspecified atom stereocenters. The van der Waals surface area contributed by atoms with Gasteiger partial charge < -0.3 is 5.11 Å². The summed E-state index contributed by atoms with van der Waals surface area (Å²) in [5, 5.41) is 12.6. The van der Waals surface area contributed by atoms with Gasteiger partial charge in [0.25, 0.3) is 0 Å². The summed E-state index contributed by atoms with van der Waals surface area (Å²) in [6.45, 7) is 0. The van der Waals surface area contributed by atoms with Gasteiger partial charge in [-0.25, -0.2) is 9.37 Å². The minimum atomic E-state index is -0.856. The molecular formula is C13H11FN2O2S2. The summed E-state index contributed by atoms with van der Waals surface area (Å²) in [4.78, 5) is 15.9. The zero-order chi connectivity index (χ0) is 14.1. The highest BCUT2D eigenvalue weighted by atomic mass is 32.2. The second-order valence-electron chi connectivity index (χ2n) is 4.31. The molecule has 1 aromatic carbocycles. The first-order chi connectivity index (χ1) is 9.65. The van der Waals surface area contributed by atoms with Crippen molar-refractivity contribution in [2.45, 2.75) is 11.4 Å². The van der Waals surface area contributed by atoms with Crippen molar-refractivity contribution in [1.29, 1.82) is 0 Å². The number of aliphatic carboxylic acids is 1. The van der Waals surface area contributed by atoms with Gasteiger partial charge in [-0.1, -0.05) is 18.2 Å². The maximum absolute atomic E-state index is 13.7. The predicted octanol–water partition coefficient (Wildman–Crippen LogP) is 2.74. The Hall–Kier alpha value is -1.44. The fourth-order valence-corrected chi connectivity index (χ4v) is 4.27. The van der Waals surface area contributed by atoms with Crippen molar-refractivity contribution in [3.63, 3.8) is 0 Å². The van der Waals surface area contributed by atoms with Crippen molar-refractivity contribution < 1.29 is 14.3 Å². The van der Waals surface area contributed by atoms with Gasteiger partial charge in [-0.05, 0) is 6.07 Å². The van der Waals surface area contributed by atoms with E-state index in [9.17, 15) is 9.18 Å². The van der Waals surface area contributed by atoms with Crippen LogP contribution in [0.4, 0.5) is 4.39 Å². The monoisotopic (exact) mass is 310 g/mol. The number of hydrogen-bond donors (Lipinski definition) is 2. The molecule has 3 rings (SSSR count). The quantitative estimate of drug-likeness (QED) is 0.913. The summed E-state index contributed by atoms with van der Waals surface area (Å²) >= 11 is 2.89. The molecule has 2 N–H and O–H groups in total. The lowest BCUT2D eigenvalue weighted by molar-refractivity contribution is -0.138. The van der Waals surface area contributed by atoms with Gasteiger partial charge in [0.05, 0.1) is 4.88 Å². The Morgan fingerprint density at radius 2 is 2.25 bits per heavy atom. The van der Waals surface area contributed by atoms with Crippen molar-refractivity contribution in [1.82, 2.24) is 10.3 Å². The summed E-state index contributed by atoms with van der Waals surface area (Å²) in [5.74, 6) is -0.627. The summed E-state index contributed by atoms with van der Waals surface area (Å²) < 4.78 is 13.7. The van der Waals surface area contributed by atoms with Crippen LogP contribution in [0.2, 0.25) is 0 Å². The molecule has 0 radical (unpaired) electrons. The molecular weight excluding hydrogens is 299 g/mol. The average Bonchev–Trinajstić information content (AvgIpc) is 3.08. The van der Waals surface area contributed by atoms with Crippen LogP contribution in [0.1, 0.15) is 10.4 Å². The predicted molar refractivity (Wildman–Crippen MR) is 77.3 cm³/mol. The zero-order valence-corrected chi connectivity index (χ0v) is 11.9. The van der Waals surface area contributed by atoms with E-state index >= 15 is 0 Å². The topological polar surface area (TPSA) is 62.2 Å². The number of carboxylic acids is 1. The Kier molecular flexibility index (Phi) is 3.73. The van der Waals surface area contributed by atoms with E-state index in [2.05, 4.69) is 10.3 Å². The standard InChI is InChI=1S/C13H11FN2O2S2/c14-8-4-2-1-3-7(8)10-5-15-11(20-10)12-16-9(6-19-12)13(17)18/h1-5,9,12,16H,6H2,(H,17,18). The molecule has 1 aromatic heterocycles. The minimum Gasteiger partial charge on any atom is -0.480 e. The van der Waals surface area contributed by atoms with Gasteiger partial charge in [0.1, 0.15) is 22.2 Å². The number of carbonyl (C=O) groups is 1. The van der Waals surface area contributed by atoms with E-state index < -0.39 is 12.0 Å². The second kappa shape index (κ2) is 5.51. The molecule has 104 valence electrons. The fourth-order valence-electron chi connectivity index (χ4n) is 1.95. The number of aromatic nitrogens is 1. The van der Waals surface area contributed by atoms with E-state index in [4.69, 9.17) is 5.11 Å². The summed E-state index contributed by atoms with van der Waals surface area (Å²) in [6, 6.07) is 6.00. The van der Waals surface area contributed by atoms with E-state index in [1.54, 1.807) is 24.4 Å². The van der Waals surface area contributed by atoms with Crippen molar-refractivity contribution in [3.05, 3.63) is 41.3 Å². The first kappa shape index (κ1) is 13.5. The number of thioether (sulfide) groups is 1. The van der Waals surface area contributed by atoms with E-state index in [1.165, 1.54) is 29.2 Å². The molecule has 20 heavy (non-hydrogen) atoms. The third-order valence-corrected chi connectivity index (χ3v) is 5.43. The Morgan fingerprint density at radius 1 is 1.45 bits per heavy atom. The number of nitrogens with one attached hydrogen (secondary N) is 1. The molecule has 1 fully saturated rings. The molecule has 0 amide bonds. The lowest BCUT2D eigenvalue weighted by Gasteiger charge is -2.06. The van der Waals surface area contributed by atoms with Gasteiger partial charge in [0, 0.05) is 17.5 Å². The highest BCUT2D eigenvalue weighted by Crippen LogP contribution is 2.38. The third-order valence-electron chi connectivity index (χ3n) is 2.97. The Bertz CT molecular complexity index is 647. The first-order valence-corrected chi connectivity index (χ1v) is 7.83. The van der Waals surface area contributed by atoms with Gasteiger partial charge in [-0.3, -0.25) is 10.1 Å². The molecule has 0 aliphatic carbocycles. The average molecular weight is 310 g/mol. The maximum atomic E-state index is 13.7. The van der Waals surface area contributed by atoms with Crippen molar-refractivity contribution in [2.24, 2.45) is 0 Å². The fraction of sp³-hybridized carbons (Fsp3) is 0.231. The van der Waals surface area contributed by atoms with Crippen LogP contribution >= 0.6 is 23.1 Å². The van der Waals surface area contributed by atoms with Crippen LogP contribution in [0.3, 0.4) is 0 Å². The van der Waals surface area contributed by atoms with Crippen LogP contribution in [-0.4, -0.2) is 27.9 Å². The van der Waals surface area contributed by atoms with Gasteiger partial charge in [-0.15, -0.1) is 23.1 Å². The van der Waals surface area contributed by atoms with Crippen LogP contribution in [0.15, 0.2) is 30.5 Å². The summed E-state index contributed by atoms with van der Waals surface area (Å²) in [7, 11) is 0. The van der Waals surface area contributed by atoms with E-state index in [0.29, 0.717) is 11.3 Å². The largest absolute Gasteiger partial charge is 0.480 e. The Balaban J connectivity index is 1.81. The third kappa shape index (κ3) is 2.56. The number of benzene rings is 1. The molecule has 0 bridgehead atoms. The Labute approximate surface area is 123 Å². The Morgan fingerprint density at radius 3 is 2.95 bits per heavy atom. The highest BCUT2D eigenvalue weighted by Gasteiger charge is 2.32. The van der Waals surface area contributed by atoms with E-state index in [-0.39, 0.29) is 11.2 Å². The number of halogens is 1. The molecule has 1 saturated heterocycles. The highest BCUT2D eigenvalue weighted by molar-refractivity contribution is 7.99. The lowest BCUT2D eigenvalue weighted by atomic mass is 10.2. The van der Waals surface area contributed by atoms with Crippen LogP contribution in [-0.2, 0) is 4.79 Å². The molecule has 7 heteroatoms. The van der Waals surface area contributed by atoms with Crippen molar-refractivity contribution >= 4 is 29.1 Å². The number of nitrogens with zero attached hydrogens (tertiary/aromatic N) is 1. The summed E-state index contributed by atoms with van der Waals surface area (Å²) in [6.07, 6.45) is 1.63. The van der Waals surface area contributed by atoms with E-state index in [1.807, 2.05) is 0 Å². The second-order valence-corrected chi connectivity index (χ2v) is 6.51. The normalized spacial score (nSPS) is 22.1. The molecule has 0 spiro atoms. The molecule has 2 heterocycles. The summed E-state index contributed by atoms with van der Waals surface area (Å²) in [5.41, 5.74) is 0.522. The van der Waals surface area contributed by atoms with Gasteiger partial charge in [0.2, 0.25) is 0 Å². The number of thiazole rings is 1. The minimum absolute atomic E-state index is 0.137. The van der Waals surface area contributed by atoms with Crippen LogP contribution in [0.25, 0.3) is 10.4 Å². The number of hydrogen-bond acceptors (Lipinski definition) is 5. The molecule has 4 nitrogen and oxygen atoms in total. The van der Waals surface area contributed by atoms with Crippen molar-refractivity contribution in [3.8, 4) is 10.4 Å². The smallest absolute Gasteiger partial charge is 0.321 e.